The van der Waals surface area contributed by atoms with Gasteiger partial charge in [-0.2, -0.15) is 0 Å². The van der Waals surface area contributed by atoms with Crippen molar-refractivity contribution in [1.82, 2.24) is 0 Å². The molecule has 0 fully saturated rings. The van der Waals surface area contributed by atoms with E-state index in [0.717, 1.165) is 47.2 Å². The number of benzene rings is 2. The largest absolute Gasteiger partial charge is 0.469 e. The maximum Gasteiger partial charge on any atom is 0.224 e. The van der Waals surface area contributed by atoms with Crippen molar-refractivity contribution in [2.45, 2.75) is 45.6 Å². The van der Waals surface area contributed by atoms with Crippen LogP contribution in [0, 0.1) is 0 Å². The van der Waals surface area contributed by atoms with Crippen LogP contribution in [0.2, 0.25) is 0 Å². The predicted molar refractivity (Wildman–Crippen MR) is 139 cm³/mol. The smallest absolute Gasteiger partial charge is 0.224 e. The highest BCUT2D eigenvalue weighted by Gasteiger charge is 2.41. The van der Waals surface area contributed by atoms with E-state index in [2.05, 4.69) is 48.3 Å². The number of ketones is 1. The summed E-state index contributed by atoms with van der Waals surface area (Å²) >= 11 is 0. The fourth-order valence-corrected chi connectivity index (χ4v) is 5.43. The monoisotopic (exact) mass is 469 g/mol. The number of furan rings is 1. The Labute approximate surface area is 206 Å². The van der Waals surface area contributed by atoms with Crippen LogP contribution in [0.1, 0.15) is 56.9 Å². The lowest BCUT2D eigenvalue weighted by molar-refractivity contribution is -0.117. The summed E-state index contributed by atoms with van der Waals surface area (Å²) in [5.74, 6) is 0.710. The van der Waals surface area contributed by atoms with Crippen LogP contribution in [0.3, 0.4) is 0 Å². The second-order valence-electron chi connectivity index (χ2n) is 9.13. The summed E-state index contributed by atoms with van der Waals surface area (Å²) in [7, 11) is 0. The van der Waals surface area contributed by atoms with Gasteiger partial charge in [0.25, 0.3) is 0 Å². The first-order valence-corrected chi connectivity index (χ1v) is 12.3. The molecule has 0 bridgehead atoms. The molecule has 0 spiro atoms. The Morgan fingerprint density at radius 3 is 2.43 bits per heavy atom. The highest BCUT2D eigenvalue weighted by molar-refractivity contribution is 6.05. The van der Waals surface area contributed by atoms with E-state index in [4.69, 9.17) is 4.42 Å². The van der Waals surface area contributed by atoms with Gasteiger partial charge >= 0.3 is 0 Å². The van der Waals surface area contributed by atoms with Crippen LogP contribution in [-0.2, 0) is 9.59 Å². The molecule has 0 saturated heterocycles. The highest BCUT2D eigenvalue weighted by atomic mass is 16.3. The fraction of sp³-hybridized carbons (Fsp3) is 0.310. The first-order chi connectivity index (χ1) is 17.0. The number of hydrogen-bond donors (Lipinski definition) is 1. The van der Waals surface area contributed by atoms with Crippen molar-refractivity contribution in [1.29, 1.82) is 0 Å². The summed E-state index contributed by atoms with van der Waals surface area (Å²) in [6.45, 7) is 7.67. The second kappa shape index (κ2) is 9.45. The first-order valence-electron chi connectivity index (χ1n) is 12.3. The molecule has 2 aliphatic rings. The Kier molecular flexibility index (Phi) is 6.20. The molecule has 3 aromatic rings. The minimum Gasteiger partial charge on any atom is -0.469 e. The highest BCUT2D eigenvalue weighted by Crippen LogP contribution is 2.47. The van der Waals surface area contributed by atoms with E-state index in [9.17, 15) is 9.59 Å². The lowest BCUT2D eigenvalue weighted by atomic mass is 9.80. The summed E-state index contributed by atoms with van der Waals surface area (Å²) in [6.07, 6.45) is 2.64. The molecule has 180 valence electrons. The number of nitrogens with zero attached hydrogens (tertiary/aromatic N) is 2. The Morgan fingerprint density at radius 2 is 1.77 bits per heavy atom. The van der Waals surface area contributed by atoms with Gasteiger partial charge in [0.15, 0.2) is 5.78 Å². The van der Waals surface area contributed by atoms with Gasteiger partial charge in [0.2, 0.25) is 5.91 Å². The van der Waals surface area contributed by atoms with Gasteiger partial charge in [-0.1, -0.05) is 24.3 Å². The predicted octanol–water partition coefficient (Wildman–Crippen LogP) is 6.05. The topological polar surface area (TPSA) is 65.8 Å². The fourth-order valence-electron chi connectivity index (χ4n) is 5.43. The number of fused-ring (bicyclic) bond motifs is 1. The van der Waals surface area contributed by atoms with Crippen LogP contribution in [0.5, 0.6) is 0 Å². The molecule has 0 radical (unpaired) electrons. The summed E-state index contributed by atoms with van der Waals surface area (Å²) in [4.78, 5) is 31.0. The normalized spacial score (nSPS) is 19.5. The van der Waals surface area contributed by atoms with Gasteiger partial charge in [0.1, 0.15) is 5.76 Å². The third kappa shape index (κ3) is 4.14. The molecule has 0 unspecified atom stereocenters. The van der Waals surface area contributed by atoms with Gasteiger partial charge < -0.3 is 14.6 Å². The molecule has 1 aromatic heterocycles. The first kappa shape index (κ1) is 23.0. The van der Waals surface area contributed by atoms with Gasteiger partial charge in [-0.05, 0) is 62.2 Å². The lowest BCUT2D eigenvalue weighted by Crippen LogP contribution is -2.37. The zero-order valence-electron chi connectivity index (χ0n) is 20.5. The molecule has 0 saturated carbocycles. The quantitative estimate of drug-likeness (QED) is 0.493. The molecular formula is C29H31N3O3. The molecule has 2 aromatic carbocycles. The van der Waals surface area contributed by atoms with E-state index in [1.54, 1.807) is 18.1 Å². The zero-order valence-corrected chi connectivity index (χ0v) is 20.5. The number of amides is 1. The molecule has 35 heavy (non-hydrogen) atoms. The van der Waals surface area contributed by atoms with Crippen molar-refractivity contribution in [3.05, 3.63) is 89.5 Å². The van der Waals surface area contributed by atoms with Gasteiger partial charge in [-0.15, -0.1) is 0 Å². The summed E-state index contributed by atoms with van der Waals surface area (Å²) < 4.78 is 5.66. The Bertz CT molecular complexity index is 1260. The van der Waals surface area contributed by atoms with Crippen LogP contribution in [-0.4, -0.2) is 24.8 Å². The van der Waals surface area contributed by atoms with Crippen LogP contribution in [0.15, 0.2) is 82.6 Å². The second-order valence-corrected chi connectivity index (χ2v) is 9.13. The number of anilines is 3. The molecule has 1 N–H and O–H groups in total. The van der Waals surface area contributed by atoms with Gasteiger partial charge in [0, 0.05) is 49.3 Å². The molecule has 2 atom stereocenters. The molecular weight excluding hydrogens is 438 g/mol. The minimum atomic E-state index is -0.505. The van der Waals surface area contributed by atoms with E-state index < -0.39 is 6.04 Å². The number of allylic oxidation sites excluding steroid dienone is 1. The van der Waals surface area contributed by atoms with Crippen LogP contribution in [0.4, 0.5) is 17.1 Å². The minimum absolute atomic E-state index is 0.0366. The Hall–Kier alpha value is -3.80. The molecule has 6 heteroatoms. The number of para-hydroxylation sites is 2. The number of rotatable bonds is 5. The van der Waals surface area contributed by atoms with Crippen LogP contribution in [0.25, 0.3) is 0 Å². The number of hydrogen-bond acceptors (Lipinski definition) is 5. The van der Waals surface area contributed by atoms with Crippen molar-refractivity contribution in [2.75, 3.05) is 28.2 Å². The van der Waals surface area contributed by atoms with Crippen molar-refractivity contribution in [3.63, 3.8) is 0 Å². The number of carbonyl (C=O) groups excluding carboxylic acids is 2. The van der Waals surface area contributed by atoms with E-state index >= 15 is 0 Å². The molecule has 6 nitrogen and oxygen atoms in total. The van der Waals surface area contributed by atoms with Crippen molar-refractivity contribution < 1.29 is 14.0 Å². The molecule has 1 amide bonds. The maximum atomic E-state index is 13.8. The van der Waals surface area contributed by atoms with Gasteiger partial charge in [-0.25, -0.2) is 0 Å². The van der Waals surface area contributed by atoms with E-state index in [-0.39, 0.29) is 17.6 Å². The van der Waals surface area contributed by atoms with Crippen LogP contribution >= 0.6 is 0 Å². The molecule has 1 aliphatic heterocycles. The third-order valence-electron chi connectivity index (χ3n) is 7.11. The molecule has 5 rings (SSSR count). The van der Waals surface area contributed by atoms with Gasteiger partial charge in [-0.3, -0.25) is 14.5 Å². The lowest BCUT2D eigenvalue weighted by Gasteiger charge is -2.34. The van der Waals surface area contributed by atoms with Gasteiger partial charge in [0.05, 0.1) is 23.7 Å². The average Bonchev–Trinajstić information content (AvgIpc) is 3.35. The number of carbonyl (C=O) groups is 2. The van der Waals surface area contributed by atoms with Crippen molar-refractivity contribution in [2.24, 2.45) is 0 Å². The standard InChI is InChI=1S/C29H31N3O3/c1-4-31(5-2)22-14-12-20(13-15-22)29-28-24(17-21(18-26(28)34)27-11-8-16-35-27)30-23-9-6-7-10-25(23)32(29)19(3)33/h6-16,21,29-30H,4-5,17-18H2,1-3H3/t21-,29-/m1/s1. The van der Waals surface area contributed by atoms with Crippen LogP contribution < -0.4 is 15.1 Å². The number of Topliss-reactive ketones (excluding diaryl/α,β-unsaturated/α-hetero) is 1. The number of nitrogens with one attached hydrogen (secondary N) is 1. The zero-order chi connectivity index (χ0) is 24.5. The maximum absolute atomic E-state index is 13.8. The summed E-state index contributed by atoms with van der Waals surface area (Å²) in [5, 5.41) is 3.53. The Morgan fingerprint density at radius 1 is 1.03 bits per heavy atom. The van der Waals surface area contributed by atoms with Crippen molar-refractivity contribution >= 4 is 28.8 Å². The van der Waals surface area contributed by atoms with E-state index in [1.807, 2.05) is 36.4 Å². The van der Waals surface area contributed by atoms with Crippen molar-refractivity contribution in [3.8, 4) is 0 Å². The Balaban J connectivity index is 1.66. The summed E-state index contributed by atoms with van der Waals surface area (Å²) in [5.41, 5.74) is 5.17. The van der Waals surface area contributed by atoms with E-state index in [1.165, 1.54) is 0 Å². The third-order valence-corrected chi connectivity index (χ3v) is 7.11. The van der Waals surface area contributed by atoms with E-state index in [0.29, 0.717) is 18.4 Å². The molecule has 1 aliphatic carbocycles. The molecule has 2 heterocycles. The average molecular weight is 470 g/mol. The SMILES string of the molecule is CCN(CC)c1ccc([C@@H]2C3=C(C[C@@H](c4ccco4)CC3=O)Nc3ccccc3N2C(C)=O)cc1. The summed E-state index contributed by atoms with van der Waals surface area (Å²) in [6, 6.07) is 19.3.